The van der Waals surface area contributed by atoms with E-state index in [-0.39, 0.29) is 31.0 Å². The van der Waals surface area contributed by atoms with Gasteiger partial charge in [0.1, 0.15) is 0 Å². The second-order valence-electron chi connectivity index (χ2n) is 17.8. The van der Waals surface area contributed by atoms with Crippen molar-refractivity contribution in [1.82, 2.24) is 24.8 Å². The molecule has 6 rings (SSSR count). The van der Waals surface area contributed by atoms with Gasteiger partial charge in [-0.15, -0.1) is 0 Å². The number of aliphatic hydroxyl groups excluding tert-OH is 2. The van der Waals surface area contributed by atoms with Crippen LogP contribution in [0.15, 0.2) is 18.2 Å². The number of amides is 1. The summed E-state index contributed by atoms with van der Waals surface area (Å²) >= 11 is 0. The third-order valence-corrected chi connectivity index (χ3v) is 13.1. The van der Waals surface area contributed by atoms with Crippen LogP contribution >= 0.6 is 0 Å². The van der Waals surface area contributed by atoms with Crippen molar-refractivity contribution < 1.29 is 52.9 Å². The van der Waals surface area contributed by atoms with Gasteiger partial charge in [-0.3, -0.25) is 9.78 Å². The van der Waals surface area contributed by atoms with Crippen molar-refractivity contribution in [1.29, 1.82) is 0 Å². The molecule has 1 saturated heterocycles. The summed E-state index contributed by atoms with van der Waals surface area (Å²) in [5.41, 5.74) is 13.9. The molecule has 6 heterocycles. The van der Waals surface area contributed by atoms with Gasteiger partial charge in [-0.05, 0) is 92.6 Å². The van der Waals surface area contributed by atoms with Crippen molar-refractivity contribution in [2.75, 3.05) is 100.0 Å². The van der Waals surface area contributed by atoms with Gasteiger partial charge in [-0.25, -0.2) is 4.98 Å². The maximum Gasteiger partial charge on any atom is 0.222 e. The van der Waals surface area contributed by atoms with Crippen LogP contribution in [0.4, 0.5) is 0 Å². The molecule has 1 fully saturated rings. The molecule has 0 spiro atoms. The number of carbonyl (C=O) groups excluding carboxylic acids is 1. The third kappa shape index (κ3) is 14.3. The fourth-order valence-corrected chi connectivity index (χ4v) is 8.91. The molecule has 16 nitrogen and oxygen atoms in total. The summed E-state index contributed by atoms with van der Waals surface area (Å²) in [5.74, 6) is 0.0511. The predicted molar refractivity (Wildman–Crippen MR) is 258 cm³/mol. The van der Waals surface area contributed by atoms with E-state index in [1.54, 1.807) is 12.0 Å². The van der Waals surface area contributed by atoms with Gasteiger partial charge in [0, 0.05) is 90.8 Å². The number of fused-ring (bicyclic) bond motifs is 8. The fraction of sp³-hybridized carbons (Fsp3) is 0.627. The monoisotopic (exact) mass is 934 g/mol. The molecule has 370 valence electrons. The summed E-state index contributed by atoms with van der Waals surface area (Å²) in [6.07, 6.45) is 2.94. The largest absolute Gasteiger partial charge is 0.394 e. The number of carbonyl (C=O) groups is 1. The summed E-state index contributed by atoms with van der Waals surface area (Å²) in [4.78, 5) is 33.3. The first-order chi connectivity index (χ1) is 32.4. The molecular formula is C51H75N5O11. The van der Waals surface area contributed by atoms with Crippen LogP contribution in [0.2, 0.25) is 0 Å². The number of ether oxygens (including phenoxy) is 8. The summed E-state index contributed by atoms with van der Waals surface area (Å²) in [7, 11) is 3.47. The van der Waals surface area contributed by atoms with Gasteiger partial charge in [-0.2, -0.15) is 0 Å². The number of aromatic nitrogens is 4. The van der Waals surface area contributed by atoms with E-state index in [4.69, 9.17) is 47.9 Å². The van der Waals surface area contributed by atoms with E-state index < -0.39 is 18.5 Å². The second-order valence-corrected chi connectivity index (χ2v) is 17.8. The minimum atomic E-state index is -0.649. The van der Waals surface area contributed by atoms with Crippen molar-refractivity contribution >= 4 is 39.6 Å². The van der Waals surface area contributed by atoms with Crippen LogP contribution in [0.3, 0.4) is 0 Å². The van der Waals surface area contributed by atoms with Gasteiger partial charge < -0.3 is 63.0 Å². The molecule has 4 N–H and O–H groups in total. The Kier molecular flexibility index (Phi) is 20.3. The molecule has 5 atom stereocenters. The van der Waals surface area contributed by atoms with Crippen LogP contribution < -0.4 is 0 Å². The molecule has 3 aromatic rings. The highest BCUT2D eigenvalue weighted by molar-refractivity contribution is 5.85. The fourth-order valence-electron chi connectivity index (χ4n) is 8.91. The van der Waals surface area contributed by atoms with Crippen LogP contribution in [0.25, 0.3) is 33.7 Å². The van der Waals surface area contributed by atoms with Crippen molar-refractivity contribution in [3.8, 4) is 0 Å². The molecule has 1 amide bonds. The number of H-pyrrole nitrogens is 2. The van der Waals surface area contributed by atoms with Gasteiger partial charge >= 0.3 is 0 Å². The Balaban J connectivity index is 1.13. The van der Waals surface area contributed by atoms with Crippen molar-refractivity contribution in [2.24, 2.45) is 0 Å². The number of aryl methyl sites for hydroxylation is 3. The zero-order valence-electron chi connectivity index (χ0n) is 41.0. The average molecular weight is 934 g/mol. The average Bonchev–Trinajstić information content (AvgIpc) is 4.02. The van der Waals surface area contributed by atoms with Gasteiger partial charge in [-0.1, -0.05) is 13.8 Å². The normalized spacial score (nSPS) is 19.6. The summed E-state index contributed by atoms with van der Waals surface area (Å²) in [5, 5.41) is 20.3. The van der Waals surface area contributed by atoms with Crippen molar-refractivity contribution in [3.63, 3.8) is 0 Å². The highest BCUT2D eigenvalue weighted by Gasteiger charge is 2.32. The van der Waals surface area contributed by atoms with E-state index in [1.165, 1.54) is 11.1 Å². The zero-order chi connectivity index (χ0) is 47.9. The third-order valence-electron chi connectivity index (χ3n) is 13.1. The molecule has 0 aromatic carbocycles. The molecule has 0 saturated carbocycles. The van der Waals surface area contributed by atoms with Crippen LogP contribution in [0.1, 0.15) is 109 Å². The molecule has 16 heteroatoms. The molecule has 3 aliphatic rings. The van der Waals surface area contributed by atoms with Crippen LogP contribution in [0, 0.1) is 20.8 Å². The Morgan fingerprint density at radius 1 is 0.791 bits per heavy atom. The Labute approximate surface area is 395 Å². The first-order valence-electron chi connectivity index (χ1n) is 24.0. The van der Waals surface area contributed by atoms with E-state index in [0.29, 0.717) is 105 Å². The standard InChI is InChI=1S/C51H75N5O11/c1-9-39-33(3)45-29-48-41(31-66-50-26-37(58)25-38(30-57)67-50)35(5)44(54-48)28-46-34(4)40(51(55-46)36(6)43-24-32(2)42(52-43)27-47(39)53-45)10-11-49(59)56(7)12-13-61-16-17-63-20-21-65-23-22-64-19-18-62-15-14-60-8/h24,27-29,34,37-38,40,50,53-54,57-58H,9-23,25-26,30-31H2,1-8H3/t34?,37?,38?,40-,50?/m0/s1. The number of rotatable bonds is 26. The topological polar surface area (TPSA) is 192 Å². The molecule has 3 aliphatic heterocycles. The number of aromatic amines is 2. The lowest BCUT2D eigenvalue weighted by Crippen LogP contribution is -2.38. The second kappa shape index (κ2) is 26.1. The molecular weight excluding hydrogens is 859 g/mol. The Morgan fingerprint density at radius 3 is 2.01 bits per heavy atom. The number of aliphatic hydroxyl groups is 2. The molecule has 0 radical (unpaired) electrons. The lowest BCUT2D eigenvalue weighted by Gasteiger charge is -2.32. The number of nitrogens with one attached hydrogen (secondary N) is 2. The maximum absolute atomic E-state index is 13.6. The number of methoxy groups -OCH3 is 1. The zero-order valence-corrected chi connectivity index (χ0v) is 41.0. The number of hydrogen-bond donors (Lipinski definition) is 4. The highest BCUT2D eigenvalue weighted by atomic mass is 16.7. The van der Waals surface area contributed by atoms with Gasteiger partial charge in [0.15, 0.2) is 6.29 Å². The van der Waals surface area contributed by atoms with Gasteiger partial charge in [0.25, 0.3) is 0 Å². The Morgan fingerprint density at radius 2 is 1.39 bits per heavy atom. The van der Waals surface area contributed by atoms with Gasteiger partial charge in [0.2, 0.25) is 5.91 Å². The van der Waals surface area contributed by atoms with Crippen LogP contribution in [-0.4, -0.2) is 159 Å². The Bertz CT molecular complexity index is 2270. The number of allylic oxidation sites excluding steroid dienone is 1. The van der Waals surface area contributed by atoms with E-state index >= 15 is 0 Å². The van der Waals surface area contributed by atoms with Crippen molar-refractivity contribution in [3.05, 3.63) is 68.8 Å². The van der Waals surface area contributed by atoms with E-state index in [0.717, 1.165) is 73.5 Å². The van der Waals surface area contributed by atoms with Crippen molar-refractivity contribution in [2.45, 2.75) is 111 Å². The maximum atomic E-state index is 13.6. The van der Waals surface area contributed by atoms with Crippen LogP contribution in [0.5, 0.6) is 0 Å². The quantitative estimate of drug-likeness (QED) is 0.0631. The van der Waals surface area contributed by atoms with Crippen LogP contribution in [-0.2, 0) is 55.7 Å². The molecule has 4 unspecified atom stereocenters. The molecule has 0 aliphatic carbocycles. The minimum Gasteiger partial charge on any atom is -0.394 e. The summed E-state index contributed by atoms with van der Waals surface area (Å²) in [6, 6.07) is 6.43. The molecule has 8 bridgehead atoms. The number of likely N-dealkylation sites (N-methyl/N-ethyl adjacent to an activating group) is 1. The summed E-state index contributed by atoms with van der Waals surface area (Å²) in [6.45, 7) is 18.7. The smallest absolute Gasteiger partial charge is 0.222 e. The minimum absolute atomic E-state index is 0.0154. The highest BCUT2D eigenvalue weighted by Crippen LogP contribution is 2.42. The summed E-state index contributed by atoms with van der Waals surface area (Å²) < 4.78 is 45.1. The predicted octanol–water partition coefficient (Wildman–Crippen LogP) is 6.59. The first-order valence-corrected chi connectivity index (χ1v) is 24.0. The SMILES string of the molecule is CCc1c(C)c2cc3[nH]c(cc4nc(c(C)c5nc(cc1[nH]2)C(C)=C5)[C@@H](CCC(=O)N(C)CCOCCOCCOCCOCCOCCOC)C4C)c(C)c3COC1CC(O)CC(CO)O1. The lowest BCUT2D eigenvalue weighted by molar-refractivity contribution is -0.226. The lowest BCUT2D eigenvalue weighted by atomic mass is 9.85. The van der Waals surface area contributed by atoms with E-state index in [1.807, 2.05) is 7.05 Å². The van der Waals surface area contributed by atoms with Gasteiger partial charge in [0.05, 0.1) is 109 Å². The first kappa shape index (κ1) is 52.3. The molecule has 67 heavy (non-hydrogen) atoms. The van der Waals surface area contributed by atoms with E-state index in [9.17, 15) is 15.0 Å². The molecule has 3 aromatic heterocycles. The number of hydrogen-bond acceptors (Lipinski definition) is 13. The number of nitrogens with zero attached hydrogens (tertiary/aromatic N) is 3. The Hall–Kier alpha value is -4.07. The van der Waals surface area contributed by atoms with E-state index in [2.05, 4.69) is 75.8 Å².